The first-order chi connectivity index (χ1) is 16.2. The standard InChI is InChI=1S/C26H34N2O6/c1-7-33-12-13-34-26(31)21-16(3)27-19-14-15(2)20(25(30)32-6)24(29)23(19)22(21)17-8-10-18(11-9-17)28(4)5/h8-11,15,20,22,27H,7,12-14H2,1-6H3/t15-,20-,22-/m1/s1. The normalized spacial score (nSPS) is 22.2. The highest BCUT2D eigenvalue weighted by Gasteiger charge is 2.47. The Balaban J connectivity index is 2.08. The summed E-state index contributed by atoms with van der Waals surface area (Å²) in [6.07, 6.45) is 0.497. The van der Waals surface area contributed by atoms with E-state index in [2.05, 4.69) is 5.32 Å². The number of allylic oxidation sites excluding steroid dienone is 3. The van der Waals surface area contributed by atoms with Gasteiger partial charge in [0.15, 0.2) is 5.78 Å². The first kappa shape index (κ1) is 25.5. The minimum Gasteiger partial charge on any atom is -0.468 e. The maximum absolute atomic E-state index is 13.7. The highest BCUT2D eigenvalue weighted by atomic mass is 16.6. The van der Waals surface area contributed by atoms with Crippen molar-refractivity contribution in [3.8, 4) is 0 Å². The number of rotatable bonds is 8. The average Bonchev–Trinajstić information content (AvgIpc) is 2.80. The van der Waals surface area contributed by atoms with Crippen molar-refractivity contribution in [2.75, 3.05) is 45.9 Å². The lowest BCUT2D eigenvalue weighted by atomic mass is 9.69. The van der Waals surface area contributed by atoms with Gasteiger partial charge in [0.1, 0.15) is 12.5 Å². The summed E-state index contributed by atoms with van der Waals surface area (Å²) in [6, 6.07) is 7.71. The van der Waals surface area contributed by atoms with E-state index in [0.717, 1.165) is 16.9 Å². The molecule has 3 atom stereocenters. The lowest BCUT2D eigenvalue weighted by Crippen LogP contribution is -2.43. The topological polar surface area (TPSA) is 94.2 Å². The number of dihydropyridines is 1. The van der Waals surface area contributed by atoms with Gasteiger partial charge in [-0.25, -0.2) is 4.79 Å². The number of carbonyl (C=O) groups is 3. The van der Waals surface area contributed by atoms with Crippen LogP contribution in [0.15, 0.2) is 46.8 Å². The van der Waals surface area contributed by atoms with Crippen molar-refractivity contribution in [1.82, 2.24) is 5.32 Å². The molecule has 0 spiro atoms. The molecule has 0 aromatic heterocycles. The van der Waals surface area contributed by atoms with E-state index in [1.54, 1.807) is 0 Å². The molecule has 1 N–H and O–H groups in total. The van der Waals surface area contributed by atoms with Crippen molar-refractivity contribution in [2.45, 2.75) is 33.1 Å². The highest BCUT2D eigenvalue weighted by molar-refractivity contribution is 6.12. The van der Waals surface area contributed by atoms with Crippen LogP contribution in [0.3, 0.4) is 0 Å². The van der Waals surface area contributed by atoms with E-state index in [9.17, 15) is 14.4 Å². The van der Waals surface area contributed by atoms with Gasteiger partial charge in [-0.15, -0.1) is 0 Å². The van der Waals surface area contributed by atoms with Crippen molar-refractivity contribution in [3.05, 3.63) is 52.4 Å². The van der Waals surface area contributed by atoms with Gasteiger partial charge >= 0.3 is 11.9 Å². The third-order valence-electron chi connectivity index (χ3n) is 6.37. The Hall–Kier alpha value is -3.13. The number of Topliss-reactive ketones (excluding diaryl/α,β-unsaturated/α-hetero) is 1. The van der Waals surface area contributed by atoms with Crippen LogP contribution in [0.4, 0.5) is 5.69 Å². The summed E-state index contributed by atoms with van der Waals surface area (Å²) < 4.78 is 15.7. The molecule has 3 rings (SSSR count). The van der Waals surface area contributed by atoms with Crippen molar-refractivity contribution in [2.24, 2.45) is 11.8 Å². The first-order valence-electron chi connectivity index (χ1n) is 11.6. The molecule has 1 heterocycles. The van der Waals surface area contributed by atoms with Gasteiger partial charge in [-0.2, -0.15) is 0 Å². The zero-order valence-corrected chi connectivity index (χ0v) is 20.8. The molecule has 0 saturated carbocycles. The lowest BCUT2D eigenvalue weighted by molar-refractivity contribution is -0.151. The van der Waals surface area contributed by atoms with Crippen LogP contribution >= 0.6 is 0 Å². The maximum atomic E-state index is 13.7. The number of ketones is 1. The summed E-state index contributed by atoms with van der Waals surface area (Å²) in [4.78, 5) is 41.4. The van der Waals surface area contributed by atoms with Crippen LogP contribution in [-0.2, 0) is 28.6 Å². The third-order valence-corrected chi connectivity index (χ3v) is 6.37. The quantitative estimate of drug-likeness (QED) is 0.352. The maximum Gasteiger partial charge on any atom is 0.336 e. The van der Waals surface area contributed by atoms with Gasteiger partial charge in [-0.1, -0.05) is 19.1 Å². The predicted molar refractivity (Wildman–Crippen MR) is 128 cm³/mol. The molecule has 0 bridgehead atoms. The van der Waals surface area contributed by atoms with Gasteiger partial charge < -0.3 is 24.4 Å². The van der Waals surface area contributed by atoms with Crippen LogP contribution in [0.2, 0.25) is 0 Å². The summed E-state index contributed by atoms with van der Waals surface area (Å²) in [5, 5.41) is 3.26. The van der Waals surface area contributed by atoms with Crippen molar-refractivity contribution in [1.29, 1.82) is 0 Å². The van der Waals surface area contributed by atoms with Crippen molar-refractivity contribution < 1.29 is 28.6 Å². The predicted octanol–water partition coefficient (Wildman–Crippen LogP) is 2.95. The third kappa shape index (κ3) is 5.01. The zero-order valence-electron chi connectivity index (χ0n) is 20.8. The van der Waals surface area contributed by atoms with Crippen LogP contribution in [0, 0.1) is 11.8 Å². The van der Waals surface area contributed by atoms with Gasteiger partial charge in [-0.3, -0.25) is 9.59 Å². The molecule has 0 saturated heterocycles. The van der Waals surface area contributed by atoms with E-state index < -0.39 is 23.8 Å². The Labute approximate surface area is 200 Å². The van der Waals surface area contributed by atoms with Crippen molar-refractivity contribution in [3.63, 3.8) is 0 Å². The summed E-state index contributed by atoms with van der Waals surface area (Å²) in [5.41, 5.74) is 3.93. The molecule has 1 aromatic rings. The highest BCUT2D eigenvalue weighted by Crippen LogP contribution is 2.45. The smallest absolute Gasteiger partial charge is 0.336 e. The lowest BCUT2D eigenvalue weighted by Gasteiger charge is -2.38. The van der Waals surface area contributed by atoms with E-state index in [0.29, 0.717) is 36.5 Å². The van der Waals surface area contributed by atoms with Gasteiger partial charge in [0, 0.05) is 49.3 Å². The van der Waals surface area contributed by atoms with Crippen molar-refractivity contribution >= 4 is 23.4 Å². The fourth-order valence-electron chi connectivity index (χ4n) is 4.66. The van der Waals surface area contributed by atoms with E-state index in [1.807, 2.05) is 64.0 Å². The van der Waals surface area contributed by atoms with E-state index in [-0.39, 0.29) is 18.3 Å². The van der Waals surface area contributed by atoms with E-state index >= 15 is 0 Å². The number of esters is 2. The van der Waals surface area contributed by atoms with Gasteiger partial charge in [0.25, 0.3) is 0 Å². The summed E-state index contributed by atoms with van der Waals surface area (Å²) in [5.74, 6) is -3.18. The zero-order chi connectivity index (χ0) is 25.0. The number of hydrogen-bond donors (Lipinski definition) is 1. The number of nitrogens with one attached hydrogen (secondary N) is 1. The molecule has 8 nitrogen and oxygen atoms in total. The molecule has 34 heavy (non-hydrogen) atoms. The van der Waals surface area contributed by atoms with E-state index in [1.165, 1.54) is 7.11 Å². The Morgan fingerprint density at radius 3 is 2.41 bits per heavy atom. The van der Waals surface area contributed by atoms with Gasteiger partial charge in [0.05, 0.1) is 19.3 Å². The molecule has 0 unspecified atom stereocenters. The average molecular weight is 471 g/mol. The number of anilines is 1. The number of hydrogen-bond acceptors (Lipinski definition) is 8. The van der Waals surface area contributed by atoms with Crippen LogP contribution in [0.1, 0.15) is 38.7 Å². The number of ether oxygens (including phenoxy) is 3. The van der Waals surface area contributed by atoms with Crippen LogP contribution < -0.4 is 10.2 Å². The Morgan fingerprint density at radius 1 is 1.15 bits per heavy atom. The molecule has 0 radical (unpaired) electrons. The molecule has 2 aliphatic rings. The summed E-state index contributed by atoms with van der Waals surface area (Å²) in [7, 11) is 5.17. The molecular weight excluding hydrogens is 436 g/mol. The second-order valence-electron chi connectivity index (χ2n) is 8.85. The molecule has 1 aliphatic carbocycles. The minimum absolute atomic E-state index is 0.109. The molecule has 0 fully saturated rings. The second kappa shape index (κ2) is 10.9. The number of nitrogens with zero attached hydrogens (tertiary/aromatic N) is 1. The number of carbonyl (C=O) groups excluding carboxylic acids is 3. The molecule has 0 amide bonds. The number of methoxy groups -OCH3 is 1. The molecule has 8 heteroatoms. The van der Waals surface area contributed by atoms with Crippen LogP contribution in [-0.4, -0.2) is 58.7 Å². The van der Waals surface area contributed by atoms with Crippen LogP contribution in [0.5, 0.6) is 0 Å². The van der Waals surface area contributed by atoms with Gasteiger partial charge in [-0.05, 0) is 43.9 Å². The first-order valence-corrected chi connectivity index (χ1v) is 11.6. The molecule has 1 aliphatic heterocycles. The van der Waals surface area contributed by atoms with E-state index in [4.69, 9.17) is 14.2 Å². The SMILES string of the molecule is CCOCCOC(=O)C1=C(C)NC2=C(C(=O)[C@H](C(=O)OC)[C@H](C)C2)[C@@H]1c1ccc(N(C)C)cc1. The molecular formula is C26H34N2O6. The monoisotopic (exact) mass is 470 g/mol. The fraction of sp³-hybridized carbons (Fsp3) is 0.500. The summed E-state index contributed by atoms with van der Waals surface area (Å²) in [6.45, 7) is 6.47. The Morgan fingerprint density at radius 2 is 1.82 bits per heavy atom. The fourth-order valence-corrected chi connectivity index (χ4v) is 4.66. The molecule has 184 valence electrons. The van der Waals surface area contributed by atoms with Gasteiger partial charge in [0.2, 0.25) is 0 Å². The Bertz CT molecular complexity index is 1010. The Kier molecular flexibility index (Phi) is 8.15. The minimum atomic E-state index is -0.914. The molecule has 1 aromatic carbocycles. The van der Waals surface area contributed by atoms with Crippen LogP contribution in [0.25, 0.3) is 0 Å². The second-order valence-corrected chi connectivity index (χ2v) is 8.85. The largest absolute Gasteiger partial charge is 0.468 e. The number of benzene rings is 1. The summed E-state index contributed by atoms with van der Waals surface area (Å²) >= 11 is 0.